The average molecular weight is 267 g/mol. The van der Waals surface area contributed by atoms with Gasteiger partial charge in [0.05, 0.1) is 19.1 Å². The molecule has 0 spiro atoms. The van der Waals surface area contributed by atoms with E-state index in [9.17, 15) is 4.79 Å². The second-order valence-electron chi connectivity index (χ2n) is 5.05. The van der Waals surface area contributed by atoms with Crippen LogP contribution in [0.5, 0.6) is 5.75 Å². The molecule has 102 valence electrons. The summed E-state index contributed by atoms with van der Waals surface area (Å²) < 4.78 is 5.16. The SMILES string of the molecule is COc1ccc(N2C(=O)[C@H](C)[C@@H]2c2ccccc2)cc1. The number of benzene rings is 2. The molecule has 1 fully saturated rings. The van der Waals surface area contributed by atoms with Crippen LogP contribution in [0.1, 0.15) is 18.5 Å². The van der Waals surface area contributed by atoms with Gasteiger partial charge in [-0.05, 0) is 29.8 Å². The molecule has 0 bridgehead atoms. The van der Waals surface area contributed by atoms with E-state index in [1.54, 1.807) is 7.11 Å². The van der Waals surface area contributed by atoms with Crippen molar-refractivity contribution in [3.05, 3.63) is 60.2 Å². The lowest BCUT2D eigenvalue weighted by Crippen LogP contribution is -2.54. The molecular weight excluding hydrogens is 250 g/mol. The van der Waals surface area contributed by atoms with Crippen LogP contribution in [0.2, 0.25) is 0 Å². The highest BCUT2D eigenvalue weighted by Gasteiger charge is 2.45. The maximum atomic E-state index is 12.2. The monoisotopic (exact) mass is 267 g/mol. The summed E-state index contributed by atoms with van der Waals surface area (Å²) in [7, 11) is 1.64. The normalized spacial score (nSPS) is 21.5. The predicted octanol–water partition coefficient (Wildman–Crippen LogP) is 3.42. The number of rotatable bonds is 3. The van der Waals surface area contributed by atoms with Gasteiger partial charge in [-0.2, -0.15) is 0 Å². The summed E-state index contributed by atoms with van der Waals surface area (Å²) in [4.78, 5) is 14.1. The van der Waals surface area contributed by atoms with Gasteiger partial charge in [-0.1, -0.05) is 37.3 Å². The number of amides is 1. The van der Waals surface area contributed by atoms with Gasteiger partial charge in [0.25, 0.3) is 0 Å². The van der Waals surface area contributed by atoms with E-state index in [4.69, 9.17) is 4.74 Å². The number of β-lactam (4-membered cyclic amide) rings is 1. The molecule has 0 unspecified atom stereocenters. The number of methoxy groups -OCH3 is 1. The fraction of sp³-hybridized carbons (Fsp3) is 0.235. The Morgan fingerprint density at radius 2 is 1.65 bits per heavy atom. The molecule has 2 atom stereocenters. The third-order valence-corrected chi connectivity index (χ3v) is 3.87. The molecule has 2 aromatic rings. The highest BCUT2D eigenvalue weighted by atomic mass is 16.5. The number of hydrogen-bond acceptors (Lipinski definition) is 2. The minimum absolute atomic E-state index is 0.0273. The Labute approximate surface area is 118 Å². The lowest BCUT2D eigenvalue weighted by atomic mass is 9.83. The number of carbonyl (C=O) groups excluding carboxylic acids is 1. The van der Waals surface area contributed by atoms with Crippen LogP contribution in [0.25, 0.3) is 0 Å². The topological polar surface area (TPSA) is 29.5 Å². The molecule has 0 saturated carbocycles. The van der Waals surface area contributed by atoms with Gasteiger partial charge >= 0.3 is 0 Å². The number of carbonyl (C=O) groups is 1. The van der Waals surface area contributed by atoms with Crippen LogP contribution >= 0.6 is 0 Å². The van der Waals surface area contributed by atoms with E-state index in [0.717, 1.165) is 11.4 Å². The largest absolute Gasteiger partial charge is 0.497 e. The van der Waals surface area contributed by atoms with E-state index in [1.807, 2.05) is 54.3 Å². The highest BCUT2D eigenvalue weighted by Crippen LogP contribution is 2.43. The molecule has 1 saturated heterocycles. The summed E-state index contributed by atoms with van der Waals surface area (Å²) in [5.74, 6) is 0.995. The molecule has 0 aliphatic carbocycles. The average Bonchev–Trinajstić information content (AvgIpc) is 2.52. The minimum atomic E-state index is 0.0273. The van der Waals surface area contributed by atoms with Gasteiger partial charge in [0.1, 0.15) is 5.75 Å². The molecule has 3 rings (SSSR count). The van der Waals surface area contributed by atoms with Gasteiger partial charge in [0.2, 0.25) is 5.91 Å². The standard InChI is InChI=1S/C17H17NO2/c1-12-16(13-6-4-3-5-7-13)18(17(12)19)14-8-10-15(20-2)11-9-14/h3-12,16H,1-2H3/t12-,16-/m1/s1. The lowest BCUT2D eigenvalue weighted by molar-refractivity contribution is -0.129. The Balaban J connectivity index is 1.92. The summed E-state index contributed by atoms with van der Waals surface area (Å²) in [6.07, 6.45) is 0. The lowest BCUT2D eigenvalue weighted by Gasteiger charge is -2.46. The van der Waals surface area contributed by atoms with Gasteiger partial charge < -0.3 is 9.64 Å². The minimum Gasteiger partial charge on any atom is -0.497 e. The molecule has 3 nitrogen and oxygen atoms in total. The molecule has 1 heterocycles. The predicted molar refractivity (Wildman–Crippen MR) is 78.8 cm³/mol. The van der Waals surface area contributed by atoms with E-state index in [0.29, 0.717) is 0 Å². The van der Waals surface area contributed by atoms with E-state index >= 15 is 0 Å². The second kappa shape index (κ2) is 5.00. The van der Waals surface area contributed by atoms with Crippen LogP contribution in [-0.4, -0.2) is 13.0 Å². The molecule has 2 aromatic carbocycles. The van der Waals surface area contributed by atoms with Gasteiger partial charge in [-0.25, -0.2) is 0 Å². The van der Waals surface area contributed by atoms with Crippen molar-refractivity contribution < 1.29 is 9.53 Å². The Morgan fingerprint density at radius 3 is 2.25 bits per heavy atom. The molecule has 0 radical (unpaired) electrons. The first-order valence-corrected chi connectivity index (χ1v) is 6.74. The first kappa shape index (κ1) is 12.7. The van der Waals surface area contributed by atoms with Crippen molar-refractivity contribution in [2.45, 2.75) is 13.0 Å². The number of anilines is 1. The van der Waals surface area contributed by atoms with Crippen LogP contribution in [-0.2, 0) is 4.79 Å². The first-order valence-electron chi connectivity index (χ1n) is 6.74. The number of nitrogens with zero attached hydrogens (tertiary/aromatic N) is 1. The molecular formula is C17H17NO2. The summed E-state index contributed by atoms with van der Waals surface area (Å²) in [5, 5.41) is 0. The van der Waals surface area contributed by atoms with Crippen LogP contribution in [0.3, 0.4) is 0 Å². The van der Waals surface area contributed by atoms with Gasteiger partial charge in [0, 0.05) is 5.69 Å². The Bertz CT molecular complexity index is 607. The third kappa shape index (κ3) is 1.95. The van der Waals surface area contributed by atoms with Crippen LogP contribution in [0, 0.1) is 5.92 Å². The Hall–Kier alpha value is -2.29. The summed E-state index contributed by atoms with van der Waals surface area (Å²) in [6.45, 7) is 1.99. The van der Waals surface area contributed by atoms with E-state index in [-0.39, 0.29) is 17.9 Å². The van der Waals surface area contributed by atoms with Crippen molar-refractivity contribution in [3.8, 4) is 5.75 Å². The van der Waals surface area contributed by atoms with Crippen LogP contribution in [0.4, 0.5) is 5.69 Å². The van der Waals surface area contributed by atoms with E-state index in [1.165, 1.54) is 5.56 Å². The van der Waals surface area contributed by atoms with Crippen molar-refractivity contribution in [1.82, 2.24) is 0 Å². The maximum absolute atomic E-state index is 12.2. The molecule has 20 heavy (non-hydrogen) atoms. The highest BCUT2D eigenvalue weighted by molar-refractivity contribution is 6.03. The van der Waals surface area contributed by atoms with E-state index < -0.39 is 0 Å². The van der Waals surface area contributed by atoms with Crippen molar-refractivity contribution >= 4 is 11.6 Å². The second-order valence-corrected chi connectivity index (χ2v) is 5.05. The maximum Gasteiger partial charge on any atom is 0.232 e. The van der Waals surface area contributed by atoms with Crippen molar-refractivity contribution in [1.29, 1.82) is 0 Å². The fourth-order valence-electron chi connectivity index (χ4n) is 2.75. The molecule has 1 amide bonds. The molecule has 0 N–H and O–H groups in total. The molecule has 1 aliphatic heterocycles. The molecule has 3 heteroatoms. The fourth-order valence-corrected chi connectivity index (χ4v) is 2.75. The first-order chi connectivity index (χ1) is 9.72. The molecule has 0 aromatic heterocycles. The van der Waals surface area contributed by atoms with Crippen molar-refractivity contribution in [2.75, 3.05) is 12.0 Å². The Morgan fingerprint density at radius 1 is 1.00 bits per heavy atom. The summed E-state index contributed by atoms with van der Waals surface area (Å²) in [5.41, 5.74) is 2.10. The third-order valence-electron chi connectivity index (χ3n) is 3.87. The zero-order valence-corrected chi connectivity index (χ0v) is 11.6. The van der Waals surface area contributed by atoms with Gasteiger partial charge in [-0.3, -0.25) is 4.79 Å². The smallest absolute Gasteiger partial charge is 0.232 e. The van der Waals surface area contributed by atoms with Gasteiger partial charge in [-0.15, -0.1) is 0 Å². The summed E-state index contributed by atoms with van der Waals surface area (Å²) in [6, 6.07) is 17.9. The number of ether oxygens (including phenoxy) is 1. The van der Waals surface area contributed by atoms with Crippen molar-refractivity contribution in [3.63, 3.8) is 0 Å². The number of hydrogen-bond donors (Lipinski definition) is 0. The Kier molecular flexibility index (Phi) is 3.18. The van der Waals surface area contributed by atoms with Crippen LogP contribution in [0.15, 0.2) is 54.6 Å². The van der Waals surface area contributed by atoms with Gasteiger partial charge in [0.15, 0.2) is 0 Å². The van der Waals surface area contributed by atoms with Crippen LogP contribution < -0.4 is 9.64 Å². The van der Waals surface area contributed by atoms with E-state index in [2.05, 4.69) is 12.1 Å². The molecule has 1 aliphatic rings. The quantitative estimate of drug-likeness (QED) is 0.797. The van der Waals surface area contributed by atoms with Crippen molar-refractivity contribution in [2.24, 2.45) is 5.92 Å². The zero-order valence-electron chi connectivity index (χ0n) is 11.6. The summed E-state index contributed by atoms with van der Waals surface area (Å²) >= 11 is 0. The zero-order chi connectivity index (χ0) is 14.1.